The second-order valence-electron chi connectivity index (χ2n) is 4.60. The normalized spacial score (nSPS) is 15.0. The maximum absolute atomic E-state index is 10.2. The van der Waals surface area contributed by atoms with Gasteiger partial charge in [-0.3, -0.25) is 4.68 Å². The number of aliphatic hydroxyl groups excluding tert-OH is 1. The van der Waals surface area contributed by atoms with Crippen LogP contribution in [0.5, 0.6) is 0 Å². The van der Waals surface area contributed by atoms with Gasteiger partial charge in [-0.15, -0.1) is 0 Å². The van der Waals surface area contributed by atoms with Crippen LogP contribution in [0, 0.1) is 5.92 Å². The lowest BCUT2D eigenvalue weighted by Crippen LogP contribution is -2.22. The van der Waals surface area contributed by atoms with Gasteiger partial charge in [0.15, 0.2) is 0 Å². The second-order valence-corrected chi connectivity index (χ2v) is 4.60. The van der Waals surface area contributed by atoms with E-state index in [-0.39, 0.29) is 6.10 Å². The topological polar surface area (TPSA) is 38.1 Å². The molecule has 0 radical (unpaired) electrons. The minimum Gasteiger partial charge on any atom is -0.392 e. The quantitative estimate of drug-likeness (QED) is 0.773. The molecule has 0 aliphatic heterocycles. The molecule has 0 aromatic carbocycles. The predicted octanol–water partition coefficient (Wildman–Crippen LogP) is 2.54. The summed E-state index contributed by atoms with van der Waals surface area (Å²) in [6.45, 7) is 4.35. The van der Waals surface area contributed by atoms with Crippen LogP contribution in [0.25, 0.3) is 0 Å². The minimum absolute atomic E-state index is 0.222. The van der Waals surface area contributed by atoms with Gasteiger partial charge >= 0.3 is 0 Å². The third-order valence-corrected chi connectivity index (χ3v) is 3.20. The maximum Gasteiger partial charge on any atom is 0.0609 e. The molecule has 0 aliphatic carbocycles. The summed E-state index contributed by atoms with van der Waals surface area (Å²) < 4.78 is 1.79. The van der Waals surface area contributed by atoms with E-state index < -0.39 is 0 Å². The van der Waals surface area contributed by atoms with Gasteiger partial charge in [0, 0.05) is 19.7 Å². The molecule has 1 rings (SSSR count). The Labute approximate surface area is 98.5 Å². The third kappa shape index (κ3) is 3.97. The summed E-state index contributed by atoms with van der Waals surface area (Å²) in [5.74, 6) is 0.431. The summed E-state index contributed by atoms with van der Waals surface area (Å²) in [5, 5.41) is 14.3. The number of nitrogens with zero attached hydrogens (tertiary/aromatic N) is 2. The van der Waals surface area contributed by atoms with Crippen LogP contribution < -0.4 is 0 Å². The molecule has 0 spiro atoms. The van der Waals surface area contributed by atoms with Gasteiger partial charge in [-0.1, -0.05) is 33.1 Å². The van der Waals surface area contributed by atoms with Gasteiger partial charge in [-0.2, -0.15) is 5.10 Å². The fourth-order valence-electron chi connectivity index (χ4n) is 2.12. The van der Waals surface area contributed by atoms with E-state index in [1.165, 1.54) is 12.8 Å². The van der Waals surface area contributed by atoms with Gasteiger partial charge < -0.3 is 5.11 Å². The molecular weight excluding hydrogens is 200 g/mol. The van der Waals surface area contributed by atoms with Crippen molar-refractivity contribution in [2.24, 2.45) is 13.0 Å². The fourth-order valence-corrected chi connectivity index (χ4v) is 2.12. The first kappa shape index (κ1) is 13.2. The Balaban J connectivity index is 2.45. The molecule has 0 aliphatic rings. The van der Waals surface area contributed by atoms with Crippen LogP contribution in [0.3, 0.4) is 0 Å². The van der Waals surface area contributed by atoms with Gasteiger partial charge in [-0.05, 0) is 17.9 Å². The van der Waals surface area contributed by atoms with Crippen molar-refractivity contribution in [3.05, 3.63) is 18.0 Å². The van der Waals surface area contributed by atoms with Crippen molar-refractivity contribution in [2.75, 3.05) is 0 Å². The molecule has 0 fully saturated rings. The molecule has 0 saturated heterocycles. The van der Waals surface area contributed by atoms with E-state index >= 15 is 0 Å². The highest BCUT2D eigenvalue weighted by molar-refractivity contribution is 5.05. The smallest absolute Gasteiger partial charge is 0.0609 e. The summed E-state index contributed by atoms with van der Waals surface area (Å²) in [7, 11) is 1.91. The zero-order chi connectivity index (χ0) is 12.0. The molecule has 1 aromatic heterocycles. The van der Waals surface area contributed by atoms with Crippen molar-refractivity contribution in [1.82, 2.24) is 9.78 Å². The Hall–Kier alpha value is -0.830. The van der Waals surface area contributed by atoms with E-state index in [1.807, 2.05) is 19.4 Å². The lowest BCUT2D eigenvalue weighted by atomic mass is 9.90. The van der Waals surface area contributed by atoms with Crippen LogP contribution in [-0.4, -0.2) is 21.0 Å². The van der Waals surface area contributed by atoms with Crippen molar-refractivity contribution in [3.8, 4) is 0 Å². The van der Waals surface area contributed by atoms with E-state index in [1.54, 1.807) is 4.68 Å². The van der Waals surface area contributed by atoms with E-state index in [9.17, 15) is 5.11 Å². The Kier molecular flexibility index (Phi) is 5.53. The van der Waals surface area contributed by atoms with E-state index in [2.05, 4.69) is 18.9 Å². The van der Waals surface area contributed by atoms with Crippen LogP contribution in [0.1, 0.15) is 45.1 Å². The minimum atomic E-state index is -0.222. The lowest BCUT2D eigenvalue weighted by molar-refractivity contribution is 0.0987. The number of unbranched alkanes of at least 4 members (excludes halogenated alkanes) is 1. The zero-order valence-electron chi connectivity index (χ0n) is 10.7. The molecule has 0 saturated carbocycles. The Morgan fingerprint density at radius 2 is 2.19 bits per heavy atom. The Bertz CT molecular complexity index is 296. The predicted molar refractivity (Wildman–Crippen MR) is 66.2 cm³/mol. The lowest BCUT2D eigenvalue weighted by Gasteiger charge is -2.20. The summed E-state index contributed by atoms with van der Waals surface area (Å²) in [6, 6.07) is 0. The highest BCUT2D eigenvalue weighted by Gasteiger charge is 2.17. The summed E-state index contributed by atoms with van der Waals surface area (Å²) in [5.41, 5.74) is 1.13. The van der Waals surface area contributed by atoms with Gasteiger partial charge in [0.2, 0.25) is 0 Å². The second kappa shape index (κ2) is 6.69. The molecule has 3 heteroatoms. The van der Waals surface area contributed by atoms with Gasteiger partial charge in [0.25, 0.3) is 0 Å². The first-order valence-corrected chi connectivity index (χ1v) is 6.33. The summed E-state index contributed by atoms with van der Waals surface area (Å²) in [4.78, 5) is 0. The molecule has 0 bridgehead atoms. The maximum atomic E-state index is 10.2. The average Bonchev–Trinajstić information content (AvgIpc) is 2.65. The molecular formula is C13H24N2O. The van der Waals surface area contributed by atoms with Crippen LogP contribution in [0.2, 0.25) is 0 Å². The largest absolute Gasteiger partial charge is 0.392 e. The first-order valence-electron chi connectivity index (χ1n) is 6.33. The van der Waals surface area contributed by atoms with Crippen molar-refractivity contribution in [3.63, 3.8) is 0 Å². The van der Waals surface area contributed by atoms with Gasteiger partial charge in [0.05, 0.1) is 12.3 Å². The zero-order valence-corrected chi connectivity index (χ0v) is 10.7. The fraction of sp³-hybridized carbons (Fsp3) is 0.769. The first-order chi connectivity index (χ1) is 7.67. The molecule has 1 N–H and O–H groups in total. The van der Waals surface area contributed by atoms with Crippen LogP contribution >= 0.6 is 0 Å². The number of rotatable bonds is 7. The molecule has 1 aromatic rings. The number of hydrogen-bond acceptors (Lipinski definition) is 2. The van der Waals surface area contributed by atoms with Crippen molar-refractivity contribution in [1.29, 1.82) is 0 Å². The molecule has 1 heterocycles. The molecule has 92 valence electrons. The van der Waals surface area contributed by atoms with Gasteiger partial charge in [-0.25, -0.2) is 0 Å². The molecule has 16 heavy (non-hydrogen) atoms. The van der Waals surface area contributed by atoms with Crippen molar-refractivity contribution < 1.29 is 5.11 Å². The van der Waals surface area contributed by atoms with Crippen LogP contribution in [-0.2, 0) is 13.5 Å². The summed E-state index contributed by atoms with van der Waals surface area (Å²) in [6.07, 6.45) is 8.94. The van der Waals surface area contributed by atoms with E-state index in [4.69, 9.17) is 0 Å². The molecule has 0 amide bonds. The summed E-state index contributed by atoms with van der Waals surface area (Å²) >= 11 is 0. The van der Waals surface area contributed by atoms with Crippen LogP contribution in [0.4, 0.5) is 0 Å². The van der Waals surface area contributed by atoms with Crippen molar-refractivity contribution in [2.45, 2.75) is 52.1 Å². The number of aryl methyl sites for hydroxylation is 1. The van der Waals surface area contributed by atoms with E-state index in [0.29, 0.717) is 5.92 Å². The Morgan fingerprint density at radius 1 is 1.44 bits per heavy atom. The Morgan fingerprint density at radius 3 is 2.69 bits per heavy atom. The molecule has 3 nitrogen and oxygen atoms in total. The molecule has 2 atom stereocenters. The third-order valence-electron chi connectivity index (χ3n) is 3.20. The average molecular weight is 224 g/mol. The molecule has 2 unspecified atom stereocenters. The number of aromatic nitrogens is 2. The number of aliphatic hydroxyl groups is 1. The SMILES string of the molecule is CCCCC(CC)C(O)Cc1cnn(C)c1. The van der Waals surface area contributed by atoms with Crippen molar-refractivity contribution >= 4 is 0 Å². The highest BCUT2D eigenvalue weighted by atomic mass is 16.3. The monoisotopic (exact) mass is 224 g/mol. The standard InChI is InChI=1S/C13H24N2O/c1-4-6-7-12(5-2)13(16)8-11-9-14-15(3)10-11/h9-10,12-13,16H,4-8H2,1-3H3. The van der Waals surface area contributed by atoms with Crippen LogP contribution in [0.15, 0.2) is 12.4 Å². The van der Waals surface area contributed by atoms with Gasteiger partial charge in [0.1, 0.15) is 0 Å². The highest BCUT2D eigenvalue weighted by Crippen LogP contribution is 2.19. The number of hydrogen-bond donors (Lipinski definition) is 1. The van der Waals surface area contributed by atoms with E-state index in [0.717, 1.165) is 24.8 Å².